The van der Waals surface area contributed by atoms with Crippen LogP contribution >= 0.6 is 0 Å². The van der Waals surface area contributed by atoms with Gasteiger partial charge in [0.2, 0.25) is 11.8 Å². The van der Waals surface area contributed by atoms with Gasteiger partial charge in [0.15, 0.2) is 0 Å². The summed E-state index contributed by atoms with van der Waals surface area (Å²) in [5.41, 5.74) is 4.49. The lowest BCUT2D eigenvalue weighted by molar-refractivity contribution is -0.128. The van der Waals surface area contributed by atoms with Crippen molar-refractivity contribution in [2.75, 3.05) is 18.4 Å². The number of carbonyl (C=O) groups is 2. The highest BCUT2D eigenvalue weighted by Crippen LogP contribution is 2.25. The Morgan fingerprint density at radius 3 is 2.88 bits per heavy atom. The molecule has 1 saturated heterocycles. The molecule has 0 radical (unpaired) electrons. The molecule has 1 aromatic carbocycles. The first-order chi connectivity index (χ1) is 12.0. The van der Waals surface area contributed by atoms with Crippen LogP contribution < -0.4 is 5.32 Å². The van der Waals surface area contributed by atoms with E-state index < -0.39 is 0 Å². The van der Waals surface area contributed by atoms with Gasteiger partial charge >= 0.3 is 0 Å². The van der Waals surface area contributed by atoms with Crippen LogP contribution in [0.3, 0.4) is 0 Å². The Balaban J connectivity index is 1.55. The SMILES string of the molecule is Cc1ccc(C)c(NC(=O)C2CC(=O)N(CCC3=CCCCC3)C2)c1. The Bertz CT molecular complexity index is 693. The smallest absolute Gasteiger partial charge is 0.229 e. The fraction of sp³-hybridized carbons (Fsp3) is 0.524. The third-order valence-corrected chi connectivity index (χ3v) is 5.32. The van der Waals surface area contributed by atoms with Crippen LogP contribution in [0.4, 0.5) is 5.69 Å². The largest absolute Gasteiger partial charge is 0.342 e. The second kappa shape index (κ2) is 7.85. The highest BCUT2D eigenvalue weighted by Gasteiger charge is 2.34. The van der Waals surface area contributed by atoms with Crippen molar-refractivity contribution in [3.8, 4) is 0 Å². The minimum atomic E-state index is -0.243. The molecule has 0 bridgehead atoms. The maximum Gasteiger partial charge on any atom is 0.229 e. The number of allylic oxidation sites excluding steroid dienone is 1. The van der Waals surface area contributed by atoms with Gasteiger partial charge in [0.1, 0.15) is 0 Å². The summed E-state index contributed by atoms with van der Waals surface area (Å²) in [6, 6.07) is 6.03. The van der Waals surface area contributed by atoms with E-state index >= 15 is 0 Å². The Labute approximate surface area is 150 Å². The summed E-state index contributed by atoms with van der Waals surface area (Å²) in [6.07, 6.45) is 8.50. The predicted octanol–water partition coefficient (Wildman–Crippen LogP) is 3.98. The van der Waals surface area contributed by atoms with E-state index in [0.717, 1.165) is 29.8 Å². The van der Waals surface area contributed by atoms with E-state index in [4.69, 9.17) is 0 Å². The first-order valence-corrected chi connectivity index (χ1v) is 9.37. The summed E-state index contributed by atoms with van der Waals surface area (Å²) in [4.78, 5) is 26.7. The number of aryl methyl sites for hydroxylation is 2. The Hall–Kier alpha value is -2.10. The van der Waals surface area contributed by atoms with Gasteiger partial charge in [-0.15, -0.1) is 0 Å². The van der Waals surface area contributed by atoms with E-state index in [0.29, 0.717) is 13.0 Å². The van der Waals surface area contributed by atoms with Crippen LogP contribution in [-0.4, -0.2) is 29.8 Å². The normalized spacial score (nSPS) is 20.6. The standard InChI is InChI=1S/C21H28N2O2/c1-15-8-9-16(2)19(12-15)22-21(25)18-13-20(24)23(14-18)11-10-17-6-4-3-5-7-17/h6,8-9,12,18H,3-5,7,10-11,13-14H2,1-2H3,(H,22,25). The number of hydrogen-bond acceptors (Lipinski definition) is 2. The zero-order valence-corrected chi connectivity index (χ0v) is 15.3. The van der Waals surface area contributed by atoms with Gasteiger partial charge in [-0.05, 0) is 63.1 Å². The summed E-state index contributed by atoms with van der Waals surface area (Å²) >= 11 is 0. The van der Waals surface area contributed by atoms with Crippen molar-refractivity contribution < 1.29 is 9.59 Å². The van der Waals surface area contributed by atoms with Crippen LogP contribution in [-0.2, 0) is 9.59 Å². The van der Waals surface area contributed by atoms with Crippen LogP contribution in [0.25, 0.3) is 0 Å². The van der Waals surface area contributed by atoms with E-state index in [1.807, 2.05) is 36.9 Å². The molecule has 1 heterocycles. The molecule has 1 fully saturated rings. The van der Waals surface area contributed by atoms with E-state index in [1.165, 1.54) is 31.3 Å². The molecule has 0 saturated carbocycles. The highest BCUT2D eigenvalue weighted by atomic mass is 16.2. The second-order valence-electron chi connectivity index (χ2n) is 7.41. The second-order valence-corrected chi connectivity index (χ2v) is 7.41. The van der Waals surface area contributed by atoms with Gasteiger partial charge in [0.25, 0.3) is 0 Å². The van der Waals surface area contributed by atoms with Gasteiger partial charge in [-0.3, -0.25) is 9.59 Å². The van der Waals surface area contributed by atoms with Crippen LogP contribution in [0.5, 0.6) is 0 Å². The minimum absolute atomic E-state index is 0.0403. The summed E-state index contributed by atoms with van der Waals surface area (Å²) in [7, 11) is 0. The number of benzene rings is 1. The molecule has 1 atom stereocenters. The number of nitrogens with one attached hydrogen (secondary N) is 1. The molecule has 1 aromatic rings. The molecule has 3 rings (SSSR count). The lowest BCUT2D eigenvalue weighted by Gasteiger charge is -2.19. The molecule has 4 nitrogen and oxygen atoms in total. The molecule has 1 unspecified atom stereocenters. The van der Waals surface area contributed by atoms with Crippen molar-refractivity contribution in [1.29, 1.82) is 0 Å². The van der Waals surface area contributed by atoms with Crippen molar-refractivity contribution >= 4 is 17.5 Å². The molecule has 0 aromatic heterocycles. The molecule has 4 heteroatoms. The minimum Gasteiger partial charge on any atom is -0.342 e. The van der Waals surface area contributed by atoms with Crippen molar-refractivity contribution in [2.45, 2.75) is 52.4 Å². The molecule has 1 aliphatic carbocycles. The van der Waals surface area contributed by atoms with Crippen molar-refractivity contribution in [1.82, 2.24) is 4.90 Å². The number of nitrogens with zero attached hydrogens (tertiary/aromatic N) is 1. The third kappa shape index (κ3) is 4.50. The molecular weight excluding hydrogens is 312 g/mol. The number of anilines is 1. The number of rotatable bonds is 5. The van der Waals surface area contributed by atoms with Crippen LogP contribution in [0.15, 0.2) is 29.8 Å². The third-order valence-electron chi connectivity index (χ3n) is 5.32. The lowest BCUT2D eigenvalue weighted by Crippen LogP contribution is -2.29. The average Bonchev–Trinajstić information content (AvgIpc) is 2.98. The zero-order valence-electron chi connectivity index (χ0n) is 15.3. The number of amides is 2. The fourth-order valence-electron chi connectivity index (χ4n) is 3.68. The summed E-state index contributed by atoms with van der Waals surface area (Å²) in [6.45, 7) is 5.29. The summed E-state index contributed by atoms with van der Waals surface area (Å²) in [5.74, 6) is -0.174. The Morgan fingerprint density at radius 2 is 2.12 bits per heavy atom. The first-order valence-electron chi connectivity index (χ1n) is 9.37. The van der Waals surface area contributed by atoms with Crippen molar-refractivity contribution in [3.63, 3.8) is 0 Å². The molecule has 25 heavy (non-hydrogen) atoms. The number of likely N-dealkylation sites (tertiary alicyclic amines) is 1. The van der Waals surface area contributed by atoms with Gasteiger partial charge in [0.05, 0.1) is 5.92 Å². The topological polar surface area (TPSA) is 49.4 Å². The molecular formula is C21H28N2O2. The van der Waals surface area contributed by atoms with Crippen LogP contribution in [0.2, 0.25) is 0 Å². The first kappa shape index (κ1) is 17.7. The summed E-state index contributed by atoms with van der Waals surface area (Å²) in [5, 5.41) is 3.01. The average molecular weight is 340 g/mol. The highest BCUT2D eigenvalue weighted by molar-refractivity contribution is 5.97. The molecule has 134 valence electrons. The maximum absolute atomic E-state index is 12.6. The van der Waals surface area contributed by atoms with Crippen LogP contribution in [0.1, 0.15) is 49.7 Å². The fourth-order valence-corrected chi connectivity index (χ4v) is 3.68. The van der Waals surface area contributed by atoms with E-state index in [2.05, 4.69) is 11.4 Å². The Morgan fingerprint density at radius 1 is 1.28 bits per heavy atom. The van der Waals surface area contributed by atoms with Crippen LogP contribution in [0, 0.1) is 19.8 Å². The lowest BCUT2D eigenvalue weighted by atomic mass is 9.97. The number of hydrogen-bond donors (Lipinski definition) is 1. The van der Waals surface area contributed by atoms with Gasteiger partial charge in [-0.25, -0.2) is 0 Å². The Kier molecular flexibility index (Phi) is 5.57. The van der Waals surface area contributed by atoms with Gasteiger partial charge in [-0.1, -0.05) is 23.8 Å². The molecule has 1 N–H and O–H groups in total. The van der Waals surface area contributed by atoms with E-state index in [1.54, 1.807) is 0 Å². The van der Waals surface area contributed by atoms with Crippen molar-refractivity contribution in [3.05, 3.63) is 41.0 Å². The molecule has 2 aliphatic rings. The molecule has 1 aliphatic heterocycles. The van der Waals surface area contributed by atoms with Gasteiger partial charge in [0, 0.05) is 25.2 Å². The quantitative estimate of drug-likeness (QED) is 0.824. The van der Waals surface area contributed by atoms with Gasteiger partial charge < -0.3 is 10.2 Å². The van der Waals surface area contributed by atoms with E-state index in [9.17, 15) is 9.59 Å². The molecule has 2 amide bonds. The zero-order chi connectivity index (χ0) is 17.8. The van der Waals surface area contributed by atoms with Gasteiger partial charge in [-0.2, -0.15) is 0 Å². The molecule has 0 spiro atoms. The summed E-state index contributed by atoms with van der Waals surface area (Å²) < 4.78 is 0. The predicted molar refractivity (Wildman–Crippen MR) is 100 cm³/mol. The monoisotopic (exact) mass is 340 g/mol. The number of carbonyl (C=O) groups excluding carboxylic acids is 2. The van der Waals surface area contributed by atoms with E-state index in [-0.39, 0.29) is 17.7 Å². The van der Waals surface area contributed by atoms with Crippen molar-refractivity contribution in [2.24, 2.45) is 5.92 Å². The maximum atomic E-state index is 12.6.